The van der Waals surface area contributed by atoms with E-state index in [1.165, 1.54) is 5.56 Å². The number of aliphatic hydroxyl groups excluding tert-OH is 1. The lowest BCUT2D eigenvalue weighted by Crippen LogP contribution is -2.46. The Kier molecular flexibility index (Phi) is 4.30. The number of rotatable bonds is 5. The van der Waals surface area contributed by atoms with Crippen LogP contribution in [-0.4, -0.2) is 29.7 Å². The number of likely N-dealkylation sites (N-methyl/N-ethyl adjacent to an activating group) is 1. The summed E-state index contributed by atoms with van der Waals surface area (Å²) in [6.07, 6.45) is 0. The standard InChI is InChI=1S/C13H21NO/c1-4-14(5-2)13(3,11-15)12-9-7-6-8-10-12/h6-10,15H,4-5,11H2,1-3H3. The maximum Gasteiger partial charge on any atom is 0.0665 e. The van der Waals surface area contributed by atoms with E-state index in [9.17, 15) is 5.11 Å². The van der Waals surface area contributed by atoms with Crippen molar-refractivity contribution in [3.05, 3.63) is 35.9 Å². The van der Waals surface area contributed by atoms with Crippen LogP contribution < -0.4 is 0 Å². The summed E-state index contributed by atoms with van der Waals surface area (Å²) in [5.74, 6) is 0. The van der Waals surface area contributed by atoms with E-state index in [-0.39, 0.29) is 12.1 Å². The second kappa shape index (κ2) is 5.29. The summed E-state index contributed by atoms with van der Waals surface area (Å²) >= 11 is 0. The summed E-state index contributed by atoms with van der Waals surface area (Å²) in [6.45, 7) is 8.39. The van der Waals surface area contributed by atoms with Crippen molar-refractivity contribution < 1.29 is 5.11 Å². The number of benzene rings is 1. The molecule has 2 heteroatoms. The highest BCUT2D eigenvalue weighted by molar-refractivity contribution is 5.23. The highest BCUT2D eigenvalue weighted by atomic mass is 16.3. The number of hydrogen-bond donors (Lipinski definition) is 1. The van der Waals surface area contributed by atoms with Crippen molar-refractivity contribution >= 4 is 0 Å². The van der Waals surface area contributed by atoms with Gasteiger partial charge in [0.15, 0.2) is 0 Å². The van der Waals surface area contributed by atoms with Crippen LogP contribution in [0.4, 0.5) is 0 Å². The minimum atomic E-state index is -0.259. The van der Waals surface area contributed by atoms with Crippen LogP contribution in [0.3, 0.4) is 0 Å². The van der Waals surface area contributed by atoms with Crippen molar-refractivity contribution in [1.29, 1.82) is 0 Å². The maximum absolute atomic E-state index is 9.63. The molecule has 0 saturated carbocycles. The first kappa shape index (κ1) is 12.2. The Balaban J connectivity index is 3.04. The first-order chi connectivity index (χ1) is 7.19. The van der Waals surface area contributed by atoms with Crippen LogP contribution >= 0.6 is 0 Å². The highest BCUT2D eigenvalue weighted by Crippen LogP contribution is 2.27. The van der Waals surface area contributed by atoms with E-state index in [0.29, 0.717) is 0 Å². The molecule has 0 aliphatic heterocycles. The van der Waals surface area contributed by atoms with Gasteiger partial charge in [-0.15, -0.1) is 0 Å². The summed E-state index contributed by atoms with van der Waals surface area (Å²) in [7, 11) is 0. The molecule has 0 bridgehead atoms. The molecule has 0 fully saturated rings. The monoisotopic (exact) mass is 207 g/mol. The lowest BCUT2D eigenvalue weighted by Gasteiger charge is -2.39. The maximum atomic E-state index is 9.63. The Bertz CT molecular complexity index is 282. The SMILES string of the molecule is CCN(CC)C(C)(CO)c1ccccc1. The van der Waals surface area contributed by atoms with Gasteiger partial charge >= 0.3 is 0 Å². The summed E-state index contributed by atoms with van der Waals surface area (Å²) in [5.41, 5.74) is 0.918. The fourth-order valence-electron chi connectivity index (χ4n) is 2.09. The number of nitrogens with zero attached hydrogens (tertiary/aromatic N) is 1. The molecule has 0 radical (unpaired) electrons. The van der Waals surface area contributed by atoms with Crippen LogP contribution in [0.1, 0.15) is 26.3 Å². The molecule has 1 atom stereocenters. The molecule has 0 aliphatic rings. The third-order valence-electron chi connectivity index (χ3n) is 3.16. The molecular formula is C13H21NO. The molecule has 0 saturated heterocycles. The molecule has 0 aromatic heterocycles. The molecule has 0 aliphatic carbocycles. The van der Waals surface area contributed by atoms with Gasteiger partial charge < -0.3 is 5.11 Å². The fourth-order valence-corrected chi connectivity index (χ4v) is 2.09. The fraction of sp³-hybridized carbons (Fsp3) is 0.538. The lowest BCUT2D eigenvalue weighted by atomic mass is 9.91. The van der Waals surface area contributed by atoms with Crippen molar-refractivity contribution in [2.24, 2.45) is 0 Å². The zero-order chi connectivity index (χ0) is 11.3. The average molecular weight is 207 g/mol. The molecule has 84 valence electrons. The molecular weight excluding hydrogens is 186 g/mol. The predicted octanol–water partition coefficient (Wildman–Crippen LogP) is 2.24. The van der Waals surface area contributed by atoms with E-state index in [1.54, 1.807) is 0 Å². The highest BCUT2D eigenvalue weighted by Gasteiger charge is 2.30. The van der Waals surface area contributed by atoms with Gasteiger partial charge in [-0.05, 0) is 25.6 Å². The Morgan fingerprint density at radius 3 is 2.07 bits per heavy atom. The zero-order valence-electron chi connectivity index (χ0n) is 9.90. The minimum Gasteiger partial charge on any atom is -0.394 e. The normalized spacial score (nSPS) is 15.3. The van der Waals surface area contributed by atoms with Crippen molar-refractivity contribution in [2.75, 3.05) is 19.7 Å². The van der Waals surface area contributed by atoms with E-state index in [2.05, 4.69) is 37.8 Å². The van der Waals surface area contributed by atoms with E-state index in [4.69, 9.17) is 0 Å². The van der Waals surface area contributed by atoms with Gasteiger partial charge in [0.2, 0.25) is 0 Å². The summed E-state index contributed by atoms with van der Waals surface area (Å²) in [4.78, 5) is 2.28. The van der Waals surface area contributed by atoms with Crippen molar-refractivity contribution in [1.82, 2.24) is 4.90 Å². The third kappa shape index (κ3) is 2.39. The van der Waals surface area contributed by atoms with Crippen molar-refractivity contribution in [3.63, 3.8) is 0 Å². The molecule has 0 spiro atoms. The van der Waals surface area contributed by atoms with Gasteiger partial charge in [0.1, 0.15) is 0 Å². The molecule has 0 amide bonds. The lowest BCUT2D eigenvalue weighted by molar-refractivity contribution is 0.0485. The summed E-state index contributed by atoms with van der Waals surface area (Å²) < 4.78 is 0. The van der Waals surface area contributed by atoms with Crippen LogP contribution in [-0.2, 0) is 5.54 Å². The third-order valence-corrected chi connectivity index (χ3v) is 3.16. The Morgan fingerprint density at radius 1 is 1.13 bits per heavy atom. The molecule has 1 rings (SSSR count). The van der Waals surface area contributed by atoms with Crippen LogP contribution in [0.15, 0.2) is 30.3 Å². The van der Waals surface area contributed by atoms with Gasteiger partial charge in [-0.2, -0.15) is 0 Å². The van der Waals surface area contributed by atoms with Crippen LogP contribution in [0.2, 0.25) is 0 Å². The smallest absolute Gasteiger partial charge is 0.0665 e. The average Bonchev–Trinajstić information content (AvgIpc) is 2.31. The van der Waals surface area contributed by atoms with Gasteiger partial charge in [0.05, 0.1) is 12.1 Å². The topological polar surface area (TPSA) is 23.5 Å². The second-order valence-electron chi connectivity index (χ2n) is 3.97. The van der Waals surface area contributed by atoms with Gasteiger partial charge in [-0.25, -0.2) is 0 Å². The first-order valence-electron chi connectivity index (χ1n) is 5.60. The molecule has 1 N–H and O–H groups in total. The quantitative estimate of drug-likeness (QED) is 0.800. The predicted molar refractivity (Wildman–Crippen MR) is 63.8 cm³/mol. The van der Waals surface area contributed by atoms with Gasteiger partial charge in [-0.1, -0.05) is 44.2 Å². The zero-order valence-corrected chi connectivity index (χ0v) is 9.90. The van der Waals surface area contributed by atoms with Gasteiger partial charge in [0, 0.05) is 0 Å². The minimum absolute atomic E-state index is 0.151. The summed E-state index contributed by atoms with van der Waals surface area (Å²) in [5, 5.41) is 9.63. The van der Waals surface area contributed by atoms with Crippen LogP contribution in [0.5, 0.6) is 0 Å². The Hall–Kier alpha value is -0.860. The first-order valence-corrected chi connectivity index (χ1v) is 5.60. The largest absolute Gasteiger partial charge is 0.394 e. The van der Waals surface area contributed by atoms with Crippen LogP contribution in [0.25, 0.3) is 0 Å². The van der Waals surface area contributed by atoms with E-state index in [1.807, 2.05) is 18.2 Å². The number of aliphatic hydroxyl groups is 1. The number of hydrogen-bond acceptors (Lipinski definition) is 2. The van der Waals surface area contributed by atoms with Gasteiger partial charge in [-0.3, -0.25) is 4.90 Å². The van der Waals surface area contributed by atoms with E-state index >= 15 is 0 Å². The molecule has 2 nitrogen and oxygen atoms in total. The Labute approximate surface area is 92.5 Å². The molecule has 1 aromatic rings. The van der Waals surface area contributed by atoms with E-state index in [0.717, 1.165) is 13.1 Å². The Morgan fingerprint density at radius 2 is 1.67 bits per heavy atom. The second-order valence-corrected chi connectivity index (χ2v) is 3.97. The molecule has 1 aromatic carbocycles. The van der Waals surface area contributed by atoms with Gasteiger partial charge in [0.25, 0.3) is 0 Å². The molecule has 15 heavy (non-hydrogen) atoms. The summed E-state index contributed by atoms with van der Waals surface area (Å²) in [6, 6.07) is 10.2. The molecule has 0 heterocycles. The van der Waals surface area contributed by atoms with Crippen molar-refractivity contribution in [3.8, 4) is 0 Å². The molecule has 1 unspecified atom stereocenters. The van der Waals surface area contributed by atoms with Crippen molar-refractivity contribution in [2.45, 2.75) is 26.3 Å². The van der Waals surface area contributed by atoms with Crippen LogP contribution in [0, 0.1) is 0 Å². The van der Waals surface area contributed by atoms with E-state index < -0.39 is 0 Å².